The van der Waals surface area contributed by atoms with Crippen molar-refractivity contribution in [2.24, 2.45) is 5.92 Å². The van der Waals surface area contributed by atoms with Crippen LogP contribution in [-0.4, -0.2) is 38.6 Å². The van der Waals surface area contributed by atoms with Crippen LogP contribution in [0.3, 0.4) is 0 Å². The van der Waals surface area contributed by atoms with E-state index in [1.54, 1.807) is 0 Å². The van der Waals surface area contributed by atoms with Crippen LogP contribution in [0.2, 0.25) is 0 Å². The summed E-state index contributed by atoms with van der Waals surface area (Å²) in [5, 5.41) is 7.37. The standard InChI is InChI=1S/C17H24N2O3.ClH/c1-2-13(15-10-20-7-6-18-15)14(3-1)19-9-12-4-5-16-17(8-12)22-11-21-16;/h4-5,8,13-15,18-19H,1-3,6-7,9-11H2;1H. The molecule has 1 aromatic rings. The normalized spacial score (nSPS) is 29.3. The number of hydrogen-bond donors (Lipinski definition) is 2. The monoisotopic (exact) mass is 340 g/mol. The number of fused-ring (bicyclic) bond motifs is 1. The SMILES string of the molecule is Cl.c1cc2c(cc1CNC1CCCC1C1COCCN1)OCO2. The van der Waals surface area contributed by atoms with Gasteiger partial charge in [-0.05, 0) is 36.5 Å². The van der Waals surface area contributed by atoms with E-state index in [1.807, 2.05) is 6.07 Å². The van der Waals surface area contributed by atoms with Gasteiger partial charge in [-0.25, -0.2) is 0 Å². The molecule has 3 unspecified atom stereocenters. The fraction of sp³-hybridized carbons (Fsp3) is 0.647. The van der Waals surface area contributed by atoms with Crippen LogP contribution in [0.4, 0.5) is 0 Å². The summed E-state index contributed by atoms with van der Waals surface area (Å²) in [6.45, 7) is 3.90. The van der Waals surface area contributed by atoms with Crippen LogP contribution in [0.25, 0.3) is 0 Å². The summed E-state index contributed by atoms with van der Waals surface area (Å²) in [7, 11) is 0. The zero-order chi connectivity index (χ0) is 14.8. The summed E-state index contributed by atoms with van der Waals surface area (Å²) in [4.78, 5) is 0. The summed E-state index contributed by atoms with van der Waals surface area (Å²) in [5.41, 5.74) is 1.25. The van der Waals surface area contributed by atoms with Gasteiger partial charge in [-0.3, -0.25) is 0 Å². The van der Waals surface area contributed by atoms with Crippen molar-refractivity contribution in [3.63, 3.8) is 0 Å². The van der Waals surface area contributed by atoms with Crippen LogP contribution in [0.1, 0.15) is 24.8 Å². The highest BCUT2D eigenvalue weighted by Gasteiger charge is 2.34. The second-order valence-corrected chi connectivity index (χ2v) is 6.41. The summed E-state index contributed by atoms with van der Waals surface area (Å²) < 4.78 is 16.4. The Bertz CT molecular complexity index is 523. The van der Waals surface area contributed by atoms with Crippen molar-refractivity contribution >= 4 is 12.4 Å². The Morgan fingerprint density at radius 3 is 2.96 bits per heavy atom. The van der Waals surface area contributed by atoms with Crippen molar-refractivity contribution in [3.8, 4) is 11.5 Å². The lowest BCUT2D eigenvalue weighted by Crippen LogP contribution is -2.50. The minimum atomic E-state index is 0. The van der Waals surface area contributed by atoms with Crippen LogP contribution in [0.15, 0.2) is 18.2 Å². The zero-order valence-electron chi connectivity index (χ0n) is 13.3. The van der Waals surface area contributed by atoms with Crippen molar-refractivity contribution < 1.29 is 14.2 Å². The molecule has 1 saturated carbocycles. The van der Waals surface area contributed by atoms with E-state index in [1.165, 1.54) is 24.8 Å². The van der Waals surface area contributed by atoms with Crippen molar-refractivity contribution in [2.45, 2.75) is 37.9 Å². The number of benzene rings is 1. The summed E-state index contributed by atoms with van der Waals surface area (Å²) in [6, 6.07) is 7.28. The quantitative estimate of drug-likeness (QED) is 0.879. The lowest BCUT2D eigenvalue weighted by molar-refractivity contribution is 0.0524. The fourth-order valence-corrected chi connectivity index (χ4v) is 3.88. The Labute approximate surface area is 143 Å². The number of rotatable bonds is 4. The third-order valence-corrected chi connectivity index (χ3v) is 5.04. The van der Waals surface area contributed by atoms with E-state index >= 15 is 0 Å². The molecule has 0 bridgehead atoms. The highest BCUT2D eigenvalue weighted by atomic mass is 35.5. The average Bonchev–Trinajstić information content (AvgIpc) is 3.22. The Balaban J connectivity index is 0.00000156. The maximum absolute atomic E-state index is 5.64. The van der Waals surface area contributed by atoms with Gasteiger partial charge < -0.3 is 24.8 Å². The second-order valence-electron chi connectivity index (χ2n) is 6.41. The molecule has 4 rings (SSSR count). The van der Waals surface area contributed by atoms with E-state index in [4.69, 9.17) is 14.2 Å². The van der Waals surface area contributed by atoms with Crippen LogP contribution < -0.4 is 20.1 Å². The van der Waals surface area contributed by atoms with Crippen LogP contribution >= 0.6 is 12.4 Å². The number of hydrogen-bond acceptors (Lipinski definition) is 5. The van der Waals surface area contributed by atoms with Gasteiger partial charge >= 0.3 is 0 Å². The molecule has 2 fully saturated rings. The highest BCUT2D eigenvalue weighted by molar-refractivity contribution is 5.85. The van der Waals surface area contributed by atoms with Crippen molar-refractivity contribution in [3.05, 3.63) is 23.8 Å². The van der Waals surface area contributed by atoms with E-state index in [0.717, 1.165) is 37.8 Å². The first kappa shape index (κ1) is 16.8. The Hall–Kier alpha value is -1.01. The molecule has 0 spiro atoms. The predicted octanol–water partition coefficient (Wildman–Crippen LogP) is 2.08. The maximum atomic E-state index is 5.64. The van der Waals surface area contributed by atoms with Gasteiger partial charge in [0.2, 0.25) is 6.79 Å². The number of halogens is 1. The molecule has 5 nitrogen and oxygen atoms in total. The second kappa shape index (κ2) is 7.71. The minimum absolute atomic E-state index is 0. The molecule has 6 heteroatoms. The lowest BCUT2D eigenvalue weighted by atomic mass is 9.94. The molecular formula is C17H25ClN2O3. The van der Waals surface area contributed by atoms with E-state index in [0.29, 0.717) is 24.8 Å². The predicted molar refractivity (Wildman–Crippen MR) is 90.4 cm³/mol. The van der Waals surface area contributed by atoms with Gasteiger partial charge in [0.1, 0.15) is 0 Å². The molecule has 2 aliphatic heterocycles. The topological polar surface area (TPSA) is 51.8 Å². The van der Waals surface area contributed by atoms with Gasteiger partial charge in [-0.1, -0.05) is 12.5 Å². The van der Waals surface area contributed by atoms with Crippen LogP contribution in [0, 0.1) is 5.92 Å². The van der Waals surface area contributed by atoms with Gasteiger partial charge in [0.15, 0.2) is 11.5 Å². The van der Waals surface area contributed by atoms with E-state index in [-0.39, 0.29) is 12.4 Å². The number of morpholine rings is 1. The lowest BCUT2D eigenvalue weighted by Gasteiger charge is -2.33. The largest absolute Gasteiger partial charge is 0.454 e. The molecule has 1 aromatic carbocycles. The summed E-state index contributed by atoms with van der Waals surface area (Å²) >= 11 is 0. The van der Waals surface area contributed by atoms with Gasteiger partial charge in [-0.2, -0.15) is 0 Å². The smallest absolute Gasteiger partial charge is 0.231 e. The van der Waals surface area contributed by atoms with Crippen LogP contribution in [0.5, 0.6) is 11.5 Å². The zero-order valence-corrected chi connectivity index (χ0v) is 14.1. The number of ether oxygens (including phenoxy) is 3. The average molecular weight is 341 g/mol. The first-order valence-corrected chi connectivity index (χ1v) is 8.33. The molecular weight excluding hydrogens is 316 g/mol. The van der Waals surface area contributed by atoms with Gasteiger partial charge in [-0.15, -0.1) is 12.4 Å². The molecule has 0 aromatic heterocycles. The molecule has 1 saturated heterocycles. The Morgan fingerprint density at radius 1 is 1.17 bits per heavy atom. The fourth-order valence-electron chi connectivity index (χ4n) is 3.88. The first-order chi connectivity index (χ1) is 10.9. The Kier molecular flexibility index (Phi) is 5.64. The minimum Gasteiger partial charge on any atom is -0.454 e. The van der Waals surface area contributed by atoms with E-state index in [2.05, 4.69) is 22.8 Å². The summed E-state index contributed by atoms with van der Waals surface area (Å²) in [6.07, 6.45) is 3.86. The molecule has 23 heavy (non-hydrogen) atoms. The van der Waals surface area contributed by atoms with Crippen molar-refractivity contribution in [1.29, 1.82) is 0 Å². The Morgan fingerprint density at radius 2 is 2.09 bits per heavy atom. The van der Waals surface area contributed by atoms with Crippen molar-refractivity contribution in [1.82, 2.24) is 10.6 Å². The van der Waals surface area contributed by atoms with Crippen molar-refractivity contribution in [2.75, 3.05) is 26.6 Å². The summed E-state index contributed by atoms with van der Waals surface area (Å²) in [5.74, 6) is 2.39. The van der Waals surface area contributed by atoms with E-state index in [9.17, 15) is 0 Å². The van der Waals surface area contributed by atoms with Crippen LogP contribution in [-0.2, 0) is 11.3 Å². The maximum Gasteiger partial charge on any atom is 0.231 e. The number of nitrogens with one attached hydrogen (secondary N) is 2. The van der Waals surface area contributed by atoms with Gasteiger partial charge in [0.05, 0.1) is 13.2 Å². The molecule has 2 heterocycles. The highest BCUT2D eigenvalue weighted by Crippen LogP contribution is 2.33. The molecule has 3 atom stereocenters. The van der Waals surface area contributed by atoms with E-state index < -0.39 is 0 Å². The van der Waals surface area contributed by atoms with Gasteiger partial charge in [0.25, 0.3) is 0 Å². The molecule has 3 aliphatic rings. The molecule has 2 N–H and O–H groups in total. The van der Waals surface area contributed by atoms with Gasteiger partial charge in [0, 0.05) is 25.2 Å². The molecule has 128 valence electrons. The molecule has 1 aliphatic carbocycles. The first-order valence-electron chi connectivity index (χ1n) is 8.33. The third-order valence-electron chi connectivity index (χ3n) is 5.04. The third kappa shape index (κ3) is 3.74. The molecule has 0 amide bonds. The molecule has 0 radical (unpaired) electrons.